The van der Waals surface area contributed by atoms with Crippen molar-refractivity contribution in [1.29, 1.82) is 0 Å². The molecule has 1 aromatic carbocycles. The third kappa shape index (κ3) is 2.92. The van der Waals surface area contributed by atoms with Crippen molar-refractivity contribution in [1.82, 2.24) is 0 Å². The molecule has 1 heterocycles. The number of carbonyl (C=O) groups excluding carboxylic acids is 1. The summed E-state index contributed by atoms with van der Waals surface area (Å²) in [7, 11) is 0. The van der Waals surface area contributed by atoms with Crippen LogP contribution in [0.4, 0.5) is 13.2 Å². The van der Waals surface area contributed by atoms with Gasteiger partial charge in [-0.15, -0.1) is 13.2 Å². The van der Waals surface area contributed by atoms with Crippen molar-refractivity contribution in [2.24, 2.45) is 0 Å². The van der Waals surface area contributed by atoms with E-state index in [9.17, 15) is 18.0 Å². The third-order valence-electron chi connectivity index (χ3n) is 2.11. The topological polar surface area (TPSA) is 35.5 Å². The van der Waals surface area contributed by atoms with Gasteiger partial charge < -0.3 is 9.47 Å². The van der Waals surface area contributed by atoms with Crippen molar-refractivity contribution in [2.45, 2.75) is 13.0 Å². The summed E-state index contributed by atoms with van der Waals surface area (Å²) >= 11 is 0.849. The lowest BCUT2D eigenvalue weighted by atomic mass is 10.2. The molecular formula is C11H6F3O3S. The molecule has 2 aromatic rings. The van der Waals surface area contributed by atoms with Crippen LogP contribution >= 0.6 is 11.3 Å². The highest BCUT2D eigenvalue weighted by atomic mass is 32.1. The van der Waals surface area contributed by atoms with Crippen LogP contribution in [0.3, 0.4) is 0 Å². The van der Waals surface area contributed by atoms with E-state index in [-0.39, 0.29) is 11.7 Å². The van der Waals surface area contributed by atoms with Gasteiger partial charge in [-0.3, -0.25) is 0 Å². The molecule has 95 valence electrons. The molecule has 0 saturated heterocycles. The predicted octanol–water partition coefficient (Wildman–Crippen LogP) is 3.38. The molecule has 0 unspecified atom stereocenters. The Morgan fingerprint density at radius 3 is 2.78 bits per heavy atom. The van der Waals surface area contributed by atoms with Crippen molar-refractivity contribution in [3.8, 4) is 5.06 Å². The molecule has 3 nitrogen and oxygen atoms in total. The first-order chi connectivity index (χ1) is 8.49. The lowest BCUT2D eigenvalue weighted by Gasteiger charge is -2.04. The van der Waals surface area contributed by atoms with E-state index in [1.165, 1.54) is 12.5 Å². The zero-order valence-electron chi connectivity index (χ0n) is 8.78. The summed E-state index contributed by atoms with van der Waals surface area (Å²) < 4.78 is 45.2. The van der Waals surface area contributed by atoms with Crippen LogP contribution in [0.25, 0.3) is 10.1 Å². The zero-order valence-corrected chi connectivity index (χ0v) is 9.60. The summed E-state index contributed by atoms with van der Waals surface area (Å²) in [4.78, 5) is 9.99. The van der Waals surface area contributed by atoms with E-state index in [2.05, 4.69) is 9.47 Å². The van der Waals surface area contributed by atoms with Crippen LogP contribution in [-0.4, -0.2) is 12.8 Å². The molecule has 0 aliphatic rings. The number of benzene rings is 1. The molecule has 7 heteroatoms. The fourth-order valence-corrected chi connectivity index (χ4v) is 2.51. The molecule has 0 bridgehead atoms. The van der Waals surface area contributed by atoms with Gasteiger partial charge in [0.1, 0.15) is 6.61 Å². The number of halogens is 3. The number of hydrogen-bond donors (Lipinski definition) is 0. The Morgan fingerprint density at radius 2 is 2.11 bits per heavy atom. The van der Waals surface area contributed by atoms with Gasteiger partial charge in [-0.1, -0.05) is 29.5 Å². The van der Waals surface area contributed by atoms with Crippen molar-refractivity contribution < 1.29 is 27.4 Å². The van der Waals surface area contributed by atoms with Crippen LogP contribution in [0.15, 0.2) is 24.3 Å². The molecule has 2 rings (SSSR count). The molecule has 0 aliphatic carbocycles. The van der Waals surface area contributed by atoms with Gasteiger partial charge in [-0.25, -0.2) is 4.79 Å². The van der Waals surface area contributed by atoms with Gasteiger partial charge in [0.25, 0.3) is 0 Å². The Kier molecular flexibility index (Phi) is 3.42. The van der Waals surface area contributed by atoms with Gasteiger partial charge >= 0.3 is 12.8 Å². The van der Waals surface area contributed by atoms with Gasteiger partial charge in [0.15, 0.2) is 5.06 Å². The fourth-order valence-electron chi connectivity index (χ4n) is 1.49. The highest BCUT2D eigenvalue weighted by molar-refractivity contribution is 7.21. The minimum Gasteiger partial charge on any atom is -0.452 e. The molecule has 18 heavy (non-hydrogen) atoms. The molecule has 0 fully saturated rings. The minimum atomic E-state index is -4.71. The van der Waals surface area contributed by atoms with Crippen LogP contribution in [0.5, 0.6) is 5.06 Å². The first kappa shape index (κ1) is 12.7. The van der Waals surface area contributed by atoms with E-state index in [4.69, 9.17) is 0 Å². The maximum Gasteiger partial charge on any atom is 0.573 e. The molecule has 0 N–H and O–H groups in total. The average molecular weight is 275 g/mol. The molecule has 0 amide bonds. The summed E-state index contributed by atoms with van der Waals surface area (Å²) in [6.07, 6.45) is -4.71. The Morgan fingerprint density at radius 1 is 1.33 bits per heavy atom. The van der Waals surface area contributed by atoms with Crippen LogP contribution in [-0.2, 0) is 16.1 Å². The second-order valence-corrected chi connectivity index (χ2v) is 4.34. The summed E-state index contributed by atoms with van der Waals surface area (Å²) in [6.45, 7) is 1.23. The van der Waals surface area contributed by atoms with Gasteiger partial charge in [0.2, 0.25) is 0 Å². The van der Waals surface area contributed by atoms with Crippen molar-refractivity contribution >= 4 is 27.9 Å². The van der Waals surface area contributed by atoms with E-state index in [0.717, 1.165) is 11.3 Å². The monoisotopic (exact) mass is 275 g/mol. The third-order valence-corrected chi connectivity index (χ3v) is 3.21. The van der Waals surface area contributed by atoms with Crippen LogP contribution < -0.4 is 4.74 Å². The van der Waals surface area contributed by atoms with Gasteiger partial charge in [-0.2, -0.15) is 0 Å². The molecular weight excluding hydrogens is 269 g/mol. The lowest BCUT2D eigenvalue weighted by molar-refractivity contribution is -0.273. The summed E-state index contributed by atoms with van der Waals surface area (Å²) in [5, 5.41) is 0.353. The number of hydrogen-bond acceptors (Lipinski definition) is 4. The Bertz CT molecular complexity index is 562. The van der Waals surface area contributed by atoms with Gasteiger partial charge in [-0.05, 0) is 11.5 Å². The highest BCUT2D eigenvalue weighted by Gasteiger charge is 2.32. The predicted molar refractivity (Wildman–Crippen MR) is 59.0 cm³/mol. The van der Waals surface area contributed by atoms with Gasteiger partial charge in [0, 0.05) is 10.3 Å². The highest BCUT2D eigenvalue weighted by Crippen LogP contribution is 2.37. The lowest BCUT2D eigenvalue weighted by Crippen LogP contribution is -2.16. The quantitative estimate of drug-likeness (QED) is 0.858. The van der Waals surface area contributed by atoms with Crippen molar-refractivity contribution in [3.05, 3.63) is 29.8 Å². The molecule has 0 aliphatic heterocycles. The number of alkyl halides is 3. The van der Waals surface area contributed by atoms with E-state index < -0.39 is 6.36 Å². The Hall–Kier alpha value is -1.76. The normalized spacial score (nSPS) is 11.5. The second-order valence-electron chi connectivity index (χ2n) is 3.32. The fraction of sp³-hybridized carbons (Fsp3) is 0.182. The van der Waals surface area contributed by atoms with Gasteiger partial charge in [0.05, 0.1) is 0 Å². The Labute approximate surface area is 104 Å². The standard InChI is InChI=1S/C11H6F3O3S/c12-11(13,14)17-9-4-7-2-1-3-8(5-16-6-15)10(7)18-9/h1-4H,5H2. The number of thiophene rings is 1. The van der Waals surface area contributed by atoms with Crippen molar-refractivity contribution in [3.63, 3.8) is 0 Å². The molecule has 0 atom stereocenters. The van der Waals surface area contributed by atoms with Crippen molar-refractivity contribution in [2.75, 3.05) is 0 Å². The van der Waals surface area contributed by atoms with Crippen LogP contribution in [0, 0.1) is 0 Å². The van der Waals surface area contributed by atoms with E-state index in [1.807, 2.05) is 0 Å². The van der Waals surface area contributed by atoms with Crippen LogP contribution in [0.2, 0.25) is 0 Å². The second kappa shape index (κ2) is 4.85. The molecule has 0 saturated carbocycles. The maximum atomic E-state index is 12.1. The first-order valence-electron chi connectivity index (χ1n) is 4.76. The number of rotatable bonds is 4. The smallest absolute Gasteiger partial charge is 0.452 e. The number of ether oxygens (including phenoxy) is 2. The average Bonchev–Trinajstić information content (AvgIpc) is 2.66. The van der Waals surface area contributed by atoms with E-state index in [0.29, 0.717) is 15.6 Å². The summed E-state index contributed by atoms with van der Waals surface area (Å²) in [5.41, 5.74) is 0.609. The molecule has 1 aromatic heterocycles. The first-order valence-corrected chi connectivity index (χ1v) is 5.57. The minimum absolute atomic E-state index is 0.0349. The Balaban J connectivity index is 2.35. The SMILES string of the molecule is O=[C]OCc1cccc2cc(OC(F)(F)F)sc12. The summed E-state index contributed by atoms with van der Waals surface area (Å²) in [5.74, 6) is 0. The maximum absolute atomic E-state index is 12.1. The number of fused-ring (bicyclic) bond motifs is 1. The zero-order chi connectivity index (χ0) is 13.2. The molecule has 0 spiro atoms. The van der Waals surface area contributed by atoms with E-state index in [1.54, 1.807) is 18.2 Å². The molecule has 1 radical (unpaired) electrons. The summed E-state index contributed by atoms with van der Waals surface area (Å²) in [6, 6.07) is 6.27. The van der Waals surface area contributed by atoms with Crippen LogP contribution in [0.1, 0.15) is 5.56 Å². The van der Waals surface area contributed by atoms with E-state index >= 15 is 0 Å². The largest absolute Gasteiger partial charge is 0.573 e.